The number of likely N-dealkylation sites (N-methyl/N-ethyl adjacent to an activating group) is 1. The van der Waals surface area contributed by atoms with Gasteiger partial charge in [0.05, 0.1) is 4.92 Å². The van der Waals surface area contributed by atoms with Crippen molar-refractivity contribution in [2.75, 3.05) is 51.2 Å². The van der Waals surface area contributed by atoms with Crippen LogP contribution in [-0.2, 0) is 4.79 Å². The maximum Gasteiger partial charge on any atom is 0.292 e. The predicted octanol–water partition coefficient (Wildman–Crippen LogP) is 1.09. The van der Waals surface area contributed by atoms with E-state index < -0.39 is 0 Å². The highest BCUT2D eigenvalue weighted by atomic mass is 16.6. The second-order valence-corrected chi connectivity index (χ2v) is 6.77. The Balaban J connectivity index is 1.53. The van der Waals surface area contributed by atoms with Crippen LogP contribution in [0.25, 0.3) is 0 Å². The van der Waals surface area contributed by atoms with Crippen LogP contribution in [0.2, 0.25) is 0 Å². The summed E-state index contributed by atoms with van der Waals surface area (Å²) in [5.74, 6) is 0.0467. The van der Waals surface area contributed by atoms with Gasteiger partial charge in [0, 0.05) is 51.3 Å². The number of carbonyl (C=O) groups excluding carboxylic acids is 1. The summed E-state index contributed by atoms with van der Waals surface area (Å²) in [5, 5.41) is 13.2. The van der Waals surface area contributed by atoms with Gasteiger partial charge in [-0.25, -0.2) is 5.01 Å². The number of amides is 1. The molecule has 2 aliphatic rings. The molecule has 8 heteroatoms. The lowest BCUT2D eigenvalue weighted by Crippen LogP contribution is -2.54. The van der Waals surface area contributed by atoms with E-state index in [9.17, 15) is 14.9 Å². The minimum atomic E-state index is -0.346. The number of rotatable bonds is 4. The summed E-state index contributed by atoms with van der Waals surface area (Å²) in [4.78, 5) is 27.6. The fourth-order valence-corrected chi connectivity index (χ4v) is 3.43. The number of nitrogens with one attached hydrogen (secondary N) is 1. The quantitative estimate of drug-likeness (QED) is 0.649. The summed E-state index contributed by atoms with van der Waals surface area (Å²) in [5.41, 5.74) is 3.81. The number of nitrogens with zero attached hydrogens (tertiary/aromatic N) is 4. The topological polar surface area (TPSA) is 82.0 Å². The van der Waals surface area contributed by atoms with Gasteiger partial charge in [0.25, 0.3) is 5.69 Å². The Labute approximate surface area is 147 Å². The Hall–Kier alpha value is -2.19. The van der Waals surface area contributed by atoms with Crippen molar-refractivity contribution in [1.29, 1.82) is 0 Å². The van der Waals surface area contributed by atoms with Crippen molar-refractivity contribution in [3.05, 3.63) is 34.4 Å². The highest BCUT2D eigenvalue weighted by Gasteiger charge is 2.29. The monoisotopic (exact) mass is 347 g/mol. The smallest absolute Gasteiger partial charge is 0.292 e. The molecule has 2 saturated heterocycles. The summed E-state index contributed by atoms with van der Waals surface area (Å²) in [7, 11) is 2.08. The number of piperazine rings is 1. The summed E-state index contributed by atoms with van der Waals surface area (Å²) in [6.07, 6.45) is 1.43. The second kappa shape index (κ2) is 7.79. The summed E-state index contributed by atoms with van der Waals surface area (Å²) < 4.78 is 0. The van der Waals surface area contributed by atoms with Gasteiger partial charge in [0.15, 0.2) is 0 Å². The first kappa shape index (κ1) is 17.6. The fourth-order valence-electron chi connectivity index (χ4n) is 3.43. The third-order valence-electron chi connectivity index (χ3n) is 5.06. The van der Waals surface area contributed by atoms with E-state index in [2.05, 4.69) is 17.4 Å². The van der Waals surface area contributed by atoms with Crippen molar-refractivity contribution < 1.29 is 9.72 Å². The van der Waals surface area contributed by atoms with Crippen LogP contribution in [0.1, 0.15) is 12.8 Å². The van der Waals surface area contributed by atoms with Crippen LogP contribution in [0.4, 0.5) is 11.4 Å². The Morgan fingerprint density at radius 3 is 2.40 bits per heavy atom. The van der Waals surface area contributed by atoms with Gasteiger partial charge in [-0.3, -0.25) is 20.3 Å². The molecule has 0 spiro atoms. The maximum absolute atomic E-state index is 12.5. The third-order valence-corrected chi connectivity index (χ3v) is 5.06. The minimum Gasteiger partial charge on any atom is -0.366 e. The number of hydrazine groups is 1. The molecule has 0 aliphatic carbocycles. The predicted molar refractivity (Wildman–Crippen MR) is 95.2 cm³/mol. The zero-order chi connectivity index (χ0) is 17.8. The molecule has 2 heterocycles. The van der Waals surface area contributed by atoms with Gasteiger partial charge in [-0.05, 0) is 26.0 Å². The van der Waals surface area contributed by atoms with Crippen molar-refractivity contribution in [1.82, 2.24) is 15.3 Å². The summed E-state index contributed by atoms with van der Waals surface area (Å²) in [6.45, 7) is 4.92. The molecular formula is C17H25N5O3. The zero-order valence-electron chi connectivity index (χ0n) is 14.6. The molecule has 136 valence electrons. The molecule has 0 radical (unpaired) electrons. The number of nitro groups is 1. The van der Waals surface area contributed by atoms with Gasteiger partial charge < -0.3 is 9.80 Å². The van der Waals surface area contributed by atoms with Crippen molar-refractivity contribution in [2.24, 2.45) is 5.92 Å². The number of piperidine rings is 1. The number of nitro benzene ring substituents is 1. The Morgan fingerprint density at radius 1 is 1.12 bits per heavy atom. The highest BCUT2D eigenvalue weighted by molar-refractivity contribution is 5.78. The third kappa shape index (κ3) is 4.26. The lowest BCUT2D eigenvalue weighted by Gasteiger charge is -2.36. The molecule has 0 bridgehead atoms. The molecule has 0 aromatic heterocycles. The SMILES string of the molecule is CN1CCN(NC(=O)C2CCN(c3ccccc3[N+](=O)[O-])CC2)CC1. The average Bonchev–Trinajstić information content (AvgIpc) is 2.63. The van der Waals surface area contributed by atoms with E-state index in [1.165, 1.54) is 6.07 Å². The fraction of sp³-hybridized carbons (Fsp3) is 0.588. The van der Waals surface area contributed by atoms with Crippen LogP contribution in [-0.4, -0.2) is 67.1 Å². The molecule has 3 rings (SSSR count). The number of hydrogen-bond acceptors (Lipinski definition) is 6. The lowest BCUT2D eigenvalue weighted by atomic mass is 9.95. The van der Waals surface area contributed by atoms with Gasteiger partial charge in [-0.2, -0.15) is 0 Å². The molecule has 25 heavy (non-hydrogen) atoms. The van der Waals surface area contributed by atoms with E-state index in [1.54, 1.807) is 12.1 Å². The number of para-hydroxylation sites is 2. The average molecular weight is 347 g/mol. The molecule has 2 fully saturated rings. The van der Waals surface area contributed by atoms with E-state index in [4.69, 9.17) is 0 Å². The summed E-state index contributed by atoms with van der Waals surface area (Å²) in [6, 6.07) is 6.80. The maximum atomic E-state index is 12.5. The first-order valence-electron chi connectivity index (χ1n) is 8.77. The van der Waals surface area contributed by atoms with E-state index in [0.29, 0.717) is 31.6 Å². The second-order valence-electron chi connectivity index (χ2n) is 6.77. The van der Waals surface area contributed by atoms with Gasteiger partial charge in [-0.1, -0.05) is 12.1 Å². The van der Waals surface area contributed by atoms with E-state index in [1.807, 2.05) is 16.0 Å². The normalized spacial score (nSPS) is 20.4. The van der Waals surface area contributed by atoms with E-state index in [0.717, 1.165) is 26.2 Å². The molecule has 0 atom stereocenters. The van der Waals surface area contributed by atoms with Crippen molar-refractivity contribution in [2.45, 2.75) is 12.8 Å². The first-order valence-corrected chi connectivity index (χ1v) is 8.77. The Kier molecular flexibility index (Phi) is 5.50. The molecule has 0 unspecified atom stereocenters. The molecule has 1 aromatic carbocycles. The summed E-state index contributed by atoms with van der Waals surface area (Å²) >= 11 is 0. The molecule has 1 amide bonds. The van der Waals surface area contributed by atoms with Crippen LogP contribution in [0, 0.1) is 16.0 Å². The molecule has 2 aliphatic heterocycles. The van der Waals surface area contributed by atoms with Crippen LogP contribution < -0.4 is 10.3 Å². The Bertz CT molecular complexity index is 622. The number of benzene rings is 1. The van der Waals surface area contributed by atoms with Gasteiger partial charge in [-0.15, -0.1) is 0 Å². The molecule has 1 aromatic rings. The minimum absolute atomic E-state index is 0.0290. The van der Waals surface area contributed by atoms with E-state index >= 15 is 0 Å². The largest absolute Gasteiger partial charge is 0.366 e. The molecule has 8 nitrogen and oxygen atoms in total. The number of carbonyl (C=O) groups is 1. The molecule has 0 saturated carbocycles. The highest BCUT2D eigenvalue weighted by Crippen LogP contribution is 2.31. The van der Waals surface area contributed by atoms with Crippen LogP contribution >= 0.6 is 0 Å². The molecular weight excluding hydrogens is 322 g/mol. The number of hydrogen-bond donors (Lipinski definition) is 1. The molecule has 1 N–H and O–H groups in total. The van der Waals surface area contributed by atoms with Gasteiger partial charge in [0.1, 0.15) is 5.69 Å². The zero-order valence-corrected chi connectivity index (χ0v) is 14.6. The van der Waals surface area contributed by atoms with Gasteiger partial charge in [0.2, 0.25) is 5.91 Å². The van der Waals surface area contributed by atoms with Crippen LogP contribution in [0.5, 0.6) is 0 Å². The lowest BCUT2D eigenvalue weighted by molar-refractivity contribution is -0.384. The van der Waals surface area contributed by atoms with Crippen molar-refractivity contribution >= 4 is 17.3 Å². The van der Waals surface area contributed by atoms with Crippen molar-refractivity contribution in [3.8, 4) is 0 Å². The Morgan fingerprint density at radius 2 is 1.76 bits per heavy atom. The van der Waals surface area contributed by atoms with Gasteiger partial charge >= 0.3 is 0 Å². The van der Waals surface area contributed by atoms with Crippen LogP contribution in [0.15, 0.2) is 24.3 Å². The van der Waals surface area contributed by atoms with E-state index in [-0.39, 0.29) is 22.4 Å². The standard InChI is InChI=1S/C17H25N5O3/c1-19-10-12-21(13-11-19)18-17(23)14-6-8-20(9-7-14)15-4-2-3-5-16(15)22(24)25/h2-5,14H,6-13H2,1H3,(H,18,23). The number of anilines is 1. The van der Waals surface area contributed by atoms with Crippen LogP contribution in [0.3, 0.4) is 0 Å². The van der Waals surface area contributed by atoms with Crippen molar-refractivity contribution in [3.63, 3.8) is 0 Å². The first-order chi connectivity index (χ1) is 12.0.